The van der Waals surface area contributed by atoms with Crippen molar-refractivity contribution < 1.29 is 14.3 Å². The molecule has 15 heavy (non-hydrogen) atoms. The quantitative estimate of drug-likeness (QED) is 0.826. The number of benzene rings is 1. The van der Waals surface area contributed by atoms with Gasteiger partial charge >= 0.3 is 5.97 Å². The maximum absolute atomic E-state index is 11.3. The summed E-state index contributed by atoms with van der Waals surface area (Å²) in [6.45, 7) is -0.474. The summed E-state index contributed by atoms with van der Waals surface area (Å²) in [7, 11) is 0. The smallest absolute Gasteiger partial charge is 0.340 e. The summed E-state index contributed by atoms with van der Waals surface area (Å²) in [6, 6.07) is 4.31. The molecule has 0 saturated heterocycles. The number of carbonyl (C=O) groups is 2. The van der Waals surface area contributed by atoms with Crippen LogP contribution in [0.25, 0.3) is 0 Å². The fraction of sp³-hybridized carbons (Fsp3) is 0.111. The summed E-state index contributed by atoms with van der Waals surface area (Å²) in [5, 5.41) is 0.573. The molecule has 0 aliphatic heterocycles. The van der Waals surface area contributed by atoms with Gasteiger partial charge in [0, 0.05) is 5.02 Å². The molecular weight excluding hydrogens is 241 g/mol. The molecule has 4 nitrogen and oxygen atoms in total. The molecule has 0 aliphatic rings. The molecule has 6 heteroatoms. The lowest BCUT2D eigenvalue weighted by atomic mass is 10.2. The molecule has 0 aliphatic carbocycles. The van der Waals surface area contributed by atoms with Gasteiger partial charge in [0.05, 0.1) is 10.6 Å². The van der Waals surface area contributed by atoms with Gasteiger partial charge in [-0.25, -0.2) is 4.79 Å². The third-order valence-corrected chi connectivity index (χ3v) is 2.04. The number of ether oxygens (including phenoxy) is 1. The normalized spacial score (nSPS) is 9.73. The number of hydrogen-bond donors (Lipinski definition) is 1. The van der Waals surface area contributed by atoms with Crippen LogP contribution in [0, 0.1) is 0 Å². The molecule has 0 bridgehead atoms. The zero-order chi connectivity index (χ0) is 11.4. The Hall–Kier alpha value is -1.26. The summed E-state index contributed by atoms with van der Waals surface area (Å²) in [4.78, 5) is 21.7. The average molecular weight is 248 g/mol. The predicted octanol–water partition coefficient (Wildman–Crippen LogP) is 1.64. The second-order valence-corrected chi connectivity index (χ2v) is 3.51. The standard InChI is InChI=1S/C9H7Cl2NO3/c10-5-1-2-6(7(11)3-5)9(14)15-4-8(12)13/h1-3H,4H2,(H2,12,13). The van der Waals surface area contributed by atoms with Crippen molar-refractivity contribution in [2.75, 3.05) is 6.61 Å². The van der Waals surface area contributed by atoms with Crippen molar-refractivity contribution in [3.8, 4) is 0 Å². The molecule has 1 amide bonds. The van der Waals surface area contributed by atoms with Gasteiger partial charge in [0.25, 0.3) is 5.91 Å². The fourth-order valence-corrected chi connectivity index (χ4v) is 1.36. The van der Waals surface area contributed by atoms with Gasteiger partial charge in [0.2, 0.25) is 0 Å². The molecule has 0 aromatic heterocycles. The van der Waals surface area contributed by atoms with Crippen LogP contribution in [0.5, 0.6) is 0 Å². The molecule has 1 rings (SSSR count). The number of hydrogen-bond acceptors (Lipinski definition) is 3. The van der Waals surface area contributed by atoms with Crippen molar-refractivity contribution >= 4 is 35.1 Å². The van der Waals surface area contributed by atoms with Gasteiger partial charge < -0.3 is 10.5 Å². The lowest BCUT2D eigenvalue weighted by molar-refractivity contribution is -0.121. The summed E-state index contributed by atoms with van der Waals surface area (Å²) >= 11 is 11.4. The Morgan fingerprint density at radius 1 is 1.33 bits per heavy atom. The number of esters is 1. The second-order valence-electron chi connectivity index (χ2n) is 2.67. The third-order valence-electron chi connectivity index (χ3n) is 1.50. The zero-order valence-electron chi connectivity index (χ0n) is 7.50. The molecular formula is C9H7Cl2NO3. The Bertz CT molecular complexity index is 406. The Kier molecular flexibility index (Phi) is 3.94. The van der Waals surface area contributed by atoms with Crippen molar-refractivity contribution in [1.29, 1.82) is 0 Å². The van der Waals surface area contributed by atoms with Gasteiger partial charge in [-0.1, -0.05) is 23.2 Å². The zero-order valence-corrected chi connectivity index (χ0v) is 9.01. The van der Waals surface area contributed by atoms with E-state index in [1.165, 1.54) is 18.2 Å². The predicted molar refractivity (Wildman–Crippen MR) is 55.9 cm³/mol. The molecule has 1 aromatic carbocycles. The summed E-state index contributed by atoms with van der Waals surface area (Å²) in [5.41, 5.74) is 4.95. The highest BCUT2D eigenvalue weighted by atomic mass is 35.5. The molecule has 0 spiro atoms. The minimum atomic E-state index is -0.728. The first kappa shape index (κ1) is 11.8. The van der Waals surface area contributed by atoms with E-state index in [1.54, 1.807) is 0 Å². The lowest BCUT2D eigenvalue weighted by Crippen LogP contribution is -2.21. The second kappa shape index (κ2) is 5.00. The van der Waals surface area contributed by atoms with Crippen LogP contribution in [0.15, 0.2) is 18.2 Å². The van der Waals surface area contributed by atoms with E-state index in [0.29, 0.717) is 5.02 Å². The number of carbonyl (C=O) groups excluding carboxylic acids is 2. The van der Waals surface area contributed by atoms with Crippen LogP contribution >= 0.6 is 23.2 Å². The van der Waals surface area contributed by atoms with Gasteiger partial charge in [0.15, 0.2) is 6.61 Å². The van der Waals surface area contributed by atoms with Crippen molar-refractivity contribution in [2.45, 2.75) is 0 Å². The maximum atomic E-state index is 11.3. The van der Waals surface area contributed by atoms with Crippen LogP contribution in [0.3, 0.4) is 0 Å². The van der Waals surface area contributed by atoms with E-state index < -0.39 is 18.5 Å². The summed E-state index contributed by atoms with van der Waals surface area (Å²) in [5.74, 6) is -1.44. The Balaban J connectivity index is 2.78. The first-order valence-corrected chi connectivity index (χ1v) is 4.67. The largest absolute Gasteiger partial charge is 0.452 e. The minimum Gasteiger partial charge on any atom is -0.452 e. The van der Waals surface area contributed by atoms with E-state index in [-0.39, 0.29) is 10.6 Å². The van der Waals surface area contributed by atoms with Crippen molar-refractivity contribution in [3.63, 3.8) is 0 Å². The van der Waals surface area contributed by atoms with Gasteiger partial charge in [0.1, 0.15) is 0 Å². The highest BCUT2D eigenvalue weighted by Crippen LogP contribution is 2.21. The SMILES string of the molecule is NC(=O)COC(=O)c1ccc(Cl)cc1Cl. The average Bonchev–Trinajstić information content (AvgIpc) is 2.14. The van der Waals surface area contributed by atoms with Crippen LogP contribution in [0.1, 0.15) is 10.4 Å². The molecule has 0 saturated carbocycles. The van der Waals surface area contributed by atoms with E-state index in [2.05, 4.69) is 4.74 Å². The van der Waals surface area contributed by atoms with Crippen LogP contribution in [0.2, 0.25) is 10.0 Å². The van der Waals surface area contributed by atoms with E-state index in [4.69, 9.17) is 28.9 Å². The number of halogens is 2. The fourth-order valence-electron chi connectivity index (χ4n) is 0.869. The summed E-state index contributed by atoms with van der Waals surface area (Å²) < 4.78 is 4.57. The van der Waals surface area contributed by atoms with E-state index in [9.17, 15) is 9.59 Å². The van der Waals surface area contributed by atoms with Crippen LogP contribution in [-0.2, 0) is 9.53 Å². The number of primary amides is 1. The first-order chi connectivity index (χ1) is 7.00. The Morgan fingerprint density at radius 2 is 2.00 bits per heavy atom. The molecule has 0 atom stereocenters. The topological polar surface area (TPSA) is 69.4 Å². The Morgan fingerprint density at radius 3 is 2.53 bits per heavy atom. The minimum absolute atomic E-state index is 0.141. The van der Waals surface area contributed by atoms with Gasteiger partial charge in [-0.3, -0.25) is 4.79 Å². The monoisotopic (exact) mass is 247 g/mol. The van der Waals surface area contributed by atoms with E-state index in [1.807, 2.05) is 0 Å². The van der Waals surface area contributed by atoms with Gasteiger partial charge in [-0.15, -0.1) is 0 Å². The summed E-state index contributed by atoms with van der Waals surface area (Å²) in [6.07, 6.45) is 0. The number of amides is 1. The highest BCUT2D eigenvalue weighted by molar-refractivity contribution is 6.36. The van der Waals surface area contributed by atoms with Crippen LogP contribution < -0.4 is 5.73 Å². The molecule has 0 fully saturated rings. The third kappa shape index (κ3) is 3.42. The molecule has 0 heterocycles. The van der Waals surface area contributed by atoms with E-state index in [0.717, 1.165) is 0 Å². The number of rotatable bonds is 3. The molecule has 2 N–H and O–H groups in total. The molecule has 0 radical (unpaired) electrons. The van der Waals surface area contributed by atoms with Gasteiger partial charge in [-0.05, 0) is 18.2 Å². The number of nitrogens with two attached hydrogens (primary N) is 1. The molecule has 1 aromatic rings. The van der Waals surface area contributed by atoms with E-state index >= 15 is 0 Å². The van der Waals surface area contributed by atoms with Crippen molar-refractivity contribution in [1.82, 2.24) is 0 Å². The first-order valence-electron chi connectivity index (χ1n) is 3.91. The highest BCUT2D eigenvalue weighted by Gasteiger charge is 2.12. The van der Waals surface area contributed by atoms with Crippen LogP contribution in [-0.4, -0.2) is 18.5 Å². The molecule has 0 unspecified atom stereocenters. The van der Waals surface area contributed by atoms with Crippen LogP contribution in [0.4, 0.5) is 0 Å². The Labute approximate surface area is 95.9 Å². The maximum Gasteiger partial charge on any atom is 0.340 e. The lowest BCUT2D eigenvalue weighted by Gasteiger charge is -2.04. The van der Waals surface area contributed by atoms with Crippen molar-refractivity contribution in [2.24, 2.45) is 5.73 Å². The molecule has 80 valence electrons. The van der Waals surface area contributed by atoms with Crippen molar-refractivity contribution in [3.05, 3.63) is 33.8 Å². The van der Waals surface area contributed by atoms with Gasteiger partial charge in [-0.2, -0.15) is 0 Å².